The molecule has 2 heterocycles. The van der Waals surface area contributed by atoms with Gasteiger partial charge < -0.3 is 25.8 Å². The van der Waals surface area contributed by atoms with Gasteiger partial charge in [0.1, 0.15) is 5.75 Å². The Morgan fingerprint density at radius 1 is 1.15 bits per heavy atom. The number of phenols is 1. The van der Waals surface area contributed by atoms with Crippen LogP contribution in [0.1, 0.15) is 35.9 Å². The summed E-state index contributed by atoms with van der Waals surface area (Å²) in [7, 11) is 0. The highest BCUT2D eigenvalue weighted by Crippen LogP contribution is 2.34. The number of morpholine rings is 1. The van der Waals surface area contributed by atoms with Crippen LogP contribution in [0.4, 0.5) is 11.4 Å². The van der Waals surface area contributed by atoms with E-state index in [1.54, 1.807) is 17.6 Å². The van der Waals surface area contributed by atoms with Crippen LogP contribution in [0.3, 0.4) is 0 Å². The Labute approximate surface area is 196 Å². The summed E-state index contributed by atoms with van der Waals surface area (Å²) in [6.45, 7) is 4.76. The van der Waals surface area contributed by atoms with Gasteiger partial charge in [-0.25, -0.2) is 0 Å². The number of nitrogens with two attached hydrogens (primary N) is 2. The zero-order valence-electron chi connectivity index (χ0n) is 19.0. The molecule has 34 heavy (non-hydrogen) atoms. The van der Waals surface area contributed by atoms with Crippen molar-refractivity contribution in [3.8, 4) is 22.8 Å². The van der Waals surface area contributed by atoms with Crippen LogP contribution in [0.5, 0.6) is 5.75 Å². The number of nitrogen functional groups attached to an aromatic ring is 1. The number of nitrogens with zero attached hydrogens (tertiary/aromatic N) is 4. The van der Waals surface area contributed by atoms with Gasteiger partial charge in [-0.05, 0) is 43.2 Å². The molecule has 0 spiro atoms. The van der Waals surface area contributed by atoms with E-state index in [0.29, 0.717) is 47.3 Å². The molecule has 6 N–H and O–H groups in total. The number of anilines is 2. The van der Waals surface area contributed by atoms with E-state index in [1.807, 2.05) is 24.3 Å². The minimum absolute atomic E-state index is 0.0739. The van der Waals surface area contributed by atoms with Crippen LogP contribution in [0.25, 0.3) is 17.1 Å². The minimum Gasteiger partial charge on any atom is -0.507 e. The van der Waals surface area contributed by atoms with Crippen LogP contribution in [0.2, 0.25) is 0 Å². The molecule has 2 aromatic carbocycles. The van der Waals surface area contributed by atoms with Crippen molar-refractivity contribution < 1.29 is 20.0 Å². The lowest BCUT2D eigenvalue weighted by Crippen LogP contribution is -2.38. The molecule has 1 amide bonds. The molecular weight excluding hydrogens is 434 g/mol. The molecule has 1 aliphatic heterocycles. The van der Waals surface area contributed by atoms with Gasteiger partial charge in [0.25, 0.3) is 5.91 Å². The van der Waals surface area contributed by atoms with Gasteiger partial charge in [0.15, 0.2) is 11.5 Å². The molecule has 10 nitrogen and oxygen atoms in total. The van der Waals surface area contributed by atoms with Crippen LogP contribution in [0.15, 0.2) is 36.4 Å². The second-order valence-electron chi connectivity index (χ2n) is 8.69. The predicted molar refractivity (Wildman–Crippen MR) is 128 cm³/mol. The van der Waals surface area contributed by atoms with Crippen molar-refractivity contribution in [3.63, 3.8) is 0 Å². The first-order chi connectivity index (χ1) is 16.4. The molecule has 5 rings (SSSR count). The third-order valence-corrected chi connectivity index (χ3v) is 6.10. The van der Waals surface area contributed by atoms with Crippen molar-refractivity contribution in [1.82, 2.24) is 20.1 Å². The Morgan fingerprint density at radius 2 is 1.82 bits per heavy atom. The van der Waals surface area contributed by atoms with E-state index in [2.05, 4.69) is 20.4 Å². The molecule has 1 aliphatic carbocycles. The van der Waals surface area contributed by atoms with Crippen molar-refractivity contribution in [2.45, 2.75) is 25.8 Å². The third-order valence-electron chi connectivity index (χ3n) is 6.10. The second-order valence-corrected chi connectivity index (χ2v) is 8.69. The highest BCUT2D eigenvalue weighted by atomic mass is 16.5. The SMILES string of the molecule is CC(=[NH2+])c1cc(-c2nnc(C(=O)NC3CC3)n2-c2ccc(N3CCOCC3)cc2)c(O)cc1N. The number of aromatic nitrogens is 3. The van der Waals surface area contributed by atoms with E-state index >= 15 is 0 Å². The maximum atomic E-state index is 13.0. The van der Waals surface area contributed by atoms with Gasteiger partial charge in [0, 0.05) is 49.2 Å². The lowest BCUT2D eigenvalue weighted by Gasteiger charge is -2.29. The summed E-state index contributed by atoms with van der Waals surface area (Å²) in [6, 6.07) is 11.1. The molecular formula is C24H28N7O3+. The fourth-order valence-electron chi connectivity index (χ4n) is 4.09. The number of hydrogen-bond acceptors (Lipinski definition) is 7. The molecule has 1 aromatic heterocycles. The fourth-order valence-corrected chi connectivity index (χ4v) is 4.09. The summed E-state index contributed by atoms with van der Waals surface area (Å²) in [5, 5.41) is 28.2. The standard InChI is InChI=1S/C24H27N7O3/c1-14(25)18-12-19(21(32)13-20(18)26)22-28-29-23(24(33)27-15-2-3-15)31(22)17-6-4-16(5-7-17)30-8-10-34-11-9-30/h4-7,12-13,15,25,32H,2-3,8-11,26H2,1H3,(H,27,33)/p+1. The smallest absolute Gasteiger partial charge is 0.289 e. The maximum absolute atomic E-state index is 13.0. The number of ether oxygens (including phenoxy) is 1. The van der Waals surface area contributed by atoms with Gasteiger partial charge in [-0.3, -0.25) is 14.8 Å². The molecule has 2 aliphatic rings. The minimum atomic E-state index is -0.310. The Bertz CT molecular complexity index is 1240. The Morgan fingerprint density at radius 3 is 2.47 bits per heavy atom. The maximum Gasteiger partial charge on any atom is 0.289 e. The number of aromatic hydroxyl groups is 1. The average Bonchev–Trinajstić information content (AvgIpc) is 3.54. The first-order valence-electron chi connectivity index (χ1n) is 11.3. The Kier molecular flexibility index (Phi) is 5.66. The molecule has 0 radical (unpaired) electrons. The van der Waals surface area contributed by atoms with Gasteiger partial charge in [0.05, 0.1) is 24.3 Å². The zero-order valence-corrected chi connectivity index (χ0v) is 19.0. The molecule has 0 atom stereocenters. The number of phenolic OH excluding ortho intramolecular Hbond substituents is 1. The molecule has 3 aromatic rings. The zero-order chi connectivity index (χ0) is 23.8. The number of carbonyl (C=O) groups excluding carboxylic acids is 1. The Balaban J connectivity index is 1.60. The first-order valence-corrected chi connectivity index (χ1v) is 11.3. The Hall–Kier alpha value is -3.92. The summed E-state index contributed by atoms with van der Waals surface area (Å²) < 4.78 is 7.10. The molecule has 0 bridgehead atoms. The normalized spacial score (nSPS) is 15.9. The summed E-state index contributed by atoms with van der Waals surface area (Å²) >= 11 is 0. The summed E-state index contributed by atoms with van der Waals surface area (Å²) in [5.41, 5.74) is 9.64. The fraction of sp³-hybridized carbons (Fsp3) is 0.333. The van der Waals surface area contributed by atoms with Crippen molar-refractivity contribution in [2.75, 3.05) is 36.9 Å². The molecule has 2 fully saturated rings. The number of rotatable bonds is 6. The van der Waals surface area contributed by atoms with E-state index in [0.717, 1.165) is 31.6 Å². The van der Waals surface area contributed by atoms with Crippen LogP contribution >= 0.6 is 0 Å². The number of amides is 1. The quantitative estimate of drug-likeness (QED) is 0.309. The van der Waals surface area contributed by atoms with E-state index in [4.69, 9.17) is 15.9 Å². The monoisotopic (exact) mass is 462 g/mol. The van der Waals surface area contributed by atoms with Gasteiger partial charge in [-0.1, -0.05) is 0 Å². The summed E-state index contributed by atoms with van der Waals surface area (Å²) in [4.78, 5) is 15.2. The first kappa shape index (κ1) is 21.9. The summed E-state index contributed by atoms with van der Waals surface area (Å²) in [6.07, 6.45) is 1.91. The van der Waals surface area contributed by atoms with E-state index < -0.39 is 0 Å². The van der Waals surface area contributed by atoms with Gasteiger partial charge >= 0.3 is 0 Å². The molecule has 176 valence electrons. The largest absolute Gasteiger partial charge is 0.507 e. The van der Waals surface area contributed by atoms with Crippen LogP contribution in [-0.2, 0) is 4.74 Å². The van der Waals surface area contributed by atoms with E-state index in [1.165, 1.54) is 6.07 Å². The van der Waals surface area contributed by atoms with Gasteiger partial charge in [-0.2, -0.15) is 0 Å². The average molecular weight is 463 g/mol. The molecule has 0 unspecified atom stereocenters. The number of benzene rings is 2. The second kappa shape index (κ2) is 8.79. The lowest BCUT2D eigenvalue weighted by molar-refractivity contribution is -0.113. The molecule has 1 saturated carbocycles. The van der Waals surface area contributed by atoms with Crippen molar-refractivity contribution in [2.24, 2.45) is 0 Å². The third kappa shape index (κ3) is 4.19. The van der Waals surface area contributed by atoms with Crippen molar-refractivity contribution in [1.29, 1.82) is 0 Å². The van der Waals surface area contributed by atoms with Gasteiger partial charge in [-0.15, -0.1) is 10.2 Å². The number of hydrogen-bond donors (Lipinski definition) is 4. The van der Waals surface area contributed by atoms with Crippen LogP contribution in [-0.4, -0.2) is 63.8 Å². The number of carbonyl (C=O) groups is 1. The van der Waals surface area contributed by atoms with E-state index in [-0.39, 0.29) is 23.5 Å². The van der Waals surface area contributed by atoms with Gasteiger partial charge in [0.2, 0.25) is 5.82 Å². The van der Waals surface area contributed by atoms with Crippen LogP contribution in [0, 0.1) is 0 Å². The van der Waals surface area contributed by atoms with Crippen LogP contribution < -0.4 is 21.4 Å². The highest BCUT2D eigenvalue weighted by Gasteiger charge is 2.29. The number of nitrogens with one attached hydrogen (secondary N) is 1. The predicted octanol–water partition coefficient (Wildman–Crippen LogP) is 0.519. The highest BCUT2D eigenvalue weighted by molar-refractivity contribution is 6.01. The van der Waals surface area contributed by atoms with E-state index in [9.17, 15) is 9.90 Å². The molecule has 1 saturated heterocycles. The summed E-state index contributed by atoms with van der Waals surface area (Å²) in [5.74, 6) is 0.0813. The molecule has 10 heteroatoms. The lowest BCUT2D eigenvalue weighted by atomic mass is 10.0. The van der Waals surface area contributed by atoms with Crippen molar-refractivity contribution >= 4 is 23.0 Å². The topological polar surface area (TPSA) is 144 Å². The van der Waals surface area contributed by atoms with Crippen molar-refractivity contribution in [3.05, 3.63) is 47.8 Å².